The first kappa shape index (κ1) is 21.5. The van der Waals surface area contributed by atoms with Crippen molar-refractivity contribution in [1.29, 1.82) is 0 Å². The van der Waals surface area contributed by atoms with Gasteiger partial charge in [-0.05, 0) is 44.0 Å². The number of fused-ring (bicyclic) bond motifs is 1. The van der Waals surface area contributed by atoms with E-state index >= 15 is 0 Å². The quantitative estimate of drug-likeness (QED) is 0.588. The van der Waals surface area contributed by atoms with E-state index in [9.17, 15) is 9.59 Å². The molecule has 0 saturated heterocycles. The van der Waals surface area contributed by atoms with Gasteiger partial charge in [0.05, 0.1) is 17.1 Å². The molecule has 1 aromatic carbocycles. The van der Waals surface area contributed by atoms with Crippen molar-refractivity contribution >= 4 is 22.8 Å². The van der Waals surface area contributed by atoms with Gasteiger partial charge in [0.1, 0.15) is 18.1 Å². The third-order valence-corrected chi connectivity index (χ3v) is 4.95. The molecule has 158 valence electrons. The number of carbonyl (C=O) groups excluding carboxylic acids is 2. The maximum absolute atomic E-state index is 13.0. The van der Waals surface area contributed by atoms with Crippen LogP contribution in [0.2, 0.25) is 0 Å². The van der Waals surface area contributed by atoms with Gasteiger partial charge in [-0.15, -0.1) is 0 Å². The fourth-order valence-corrected chi connectivity index (χ4v) is 3.56. The van der Waals surface area contributed by atoms with Crippen molar-refractivity contribution in [1.82, 2.24) is 24.8 Å². The number of pyridine rings is 1. The van der Waals surface area contributed by atoms with E-state index in [1.54, 1.807) is 24.4 Å². The van der Waals surface area contributed by atoms with Gasteiger partial charge in [-0.25, -0.2) is 4.98 Å². The fourth-order valence-electron chi connectivity index (χ4n) is 3.56. The first-order chi connectivity index (χ1) is 14.5. The molecular formula is C23H29N5O2. The monoisotopic (exact) mass is 407 g/mol. The molecular weight excluding hydrogens is 378 g/mol. The SMILES string of the molecule is CCCN(CCC)C(=O)Cn1c(C(C)NC(=O)c2ccccn2)nc2ccccc21. The first-order valence-corrected chi connectivity index (χ1v) is 10.5. The molecule has 0 radical (unpaired) electrons. The van der Waals surface area contributed by atoms with Gasteiger partial charge in [0, 0.05) is 19.3 Å². The number of carbonyl (C=O) groups is 2. The van der Waals surface area contributed by atoms with E-state index in [2.05, 4.69) is 24.1 Å². The summed E-state index contributed by atoms with van der Waals surface area (Å²) in [6.07, 6.45) is 3.42. The highest BCUT2D eigenvalue weighted by Gasteiger charge is 2.22. The molecule has 1 atom stereocenters. The van der Waals surface area contributed by atoms with Crippen LogP contribution < -0.4 is 5.32 Å². The highest BCUT2D eigenvalue weighted by molar-refractivity contribution is 5.92. The minimum Gasteiger partial charge on any atom is -0.341 e. The van der Waals surface area contributed by atoms with Crippen LogP contribution in [0.25, 0.3) is 11.0 Å². The van der Waals surface area contributed by atoms with Gasteiger partial charge in [-0.2, -0.15) is 0 Å². The van der Waals surface area contributed by atoms with E-state index in [-0.39, 0.29) is 24.4 Å². The van der Waals surface area contributed by atoms with Gasteiger partial charge in [0.15, 0.2) is 0 Å². The Morgan fingerprint density at radius 3 is 2.43 bits per heavy atom. The number of para-hydroxylation sites is 2. The van der Waals surface area contributed by atoms with Gasteiger partial charge in [0.25, 0.3) is 5.91 Å². The van der Waals surface area contributed by atoms with Gasteiger partial charge in [-0.3, -0.25) is 14.6 Å². The van der Waals surface area contributed by atoms with Crippen LogP contribution >= 0.6 is 0 Å². The molecule has 0 fully saturated rings. The average Bonchev–Trinajstić information content (AvgIpc) is 3.12. The molecule has 3 rings (SSSR count). The number of benzene rings is 1. The minimum atomic E-state index is -0.384. The lowest BCUT2D eigenvalue weighted by Crippen LogP contribution is -2.36. The highest BCUT2D eigenvalue weighted by atomic mass is 16.2. The molecule has 0 bridgehead atoms. The predicted octanol–water partition coefficient (Wildman–Crippen LogP) is 3.57. The molecule has 3 aromatic rings. The zero-order chi connectivity index (χ0) is 21.5. The van der Waals surface area contributed by atoms with Crippen LogP contribution in [0.3, 0.4) is 0 Å². The Hall–Kier alpha value is -3.22. The van der Waals surface area contributed by atoms with Crippen molar-refractivity contribution < 1.29 is 9.59 Å². The second kappa shape index (κ2) is 10.0. The van der Waals surface area contributed by atoms with Crippen molar-refractivity contribution in [2.45, 2.75) is 46.2 Å². The van der Waals surface area contributed by atoms with Crippen molar-refractivity contribution in [3.05, 3.63) is 60.2 Å². The lowest BCUT2D eigenvalue weighted by Gasteiger charge is -2.23. The van der Waals surface area contributed by atoms with E-state index in [0.717, 1.165) is 37.0 Å². The molecule has 0 aliphatic rings. The number of nitrogens with zero attached hydrogens (tertiary/aromatic N) is 4. The van der Waals surface area contributed by atoms with Crippen LogP contribution in [0.4, 0.5) is 0 Å². The van der Waals surface area contributed by atoms with Crippen molar-refractivity contribution in [3.63, 3.8) is 0 Å². The Labute approximate surface area is 177 Å². The Balaban J connectivity index is 1.89. The molecule has 2 heterocycles. The lowest BCUT2D eigenvalue weighted by molar-refractivity contribution is -0.131. The Kier molecular flexibility index (Phi) is 7.17. The van der Waals surface area contributed by atoms with Crippen LogP contribution in [0, 0.1) is 0 Å². The molecule has 0 aliphatic carbocycles. The minimum absolute atomic E-state index is 0.0614. The molecule has 1 unspecified atom stereocenters. The molecule has 30 heavy (non-hydrogen) atoms. The molecule has 0 spiro atoms. The standard InChI is InChI=1S/C23H29N5O2/c1-4-14-27(15-5-2)21(29)16-28-20-12-7-6-10-18(20)26-22(28)17(3)25-23(30)19-11-8-9-13-24-19/h6-13,17H,4-5,14-16H2,1-3H3,(H,25,30). The number of imidazole rings is 1. The molecule has 2 aromatic heterocycles. The Morgan fingerprint density at radius 2 is 1.77 bits per heavy atom. The van der Waals surface area contributed by atoms with E-state index in [1.165, 1.54) is 0 Å². The zero-order valence-corrected chi connectivity index (χ0v) is 17.8. The van der Waals surface area contributed by atoms with Crippen molar-refractivity contribution in [2.24, 2.45) is 0 Å². The second-order valence-corrected chi connectivity index (χ2v) is 7.34. The molecule has 7 heteroatoms. The number of aromatic nitrogens is 3. The lowest BCUT2D eigenvalue weighted by atomic mass is 10.2. The maximum atomic E-state index is 13.0. The Bertz CT molecular complexity index is 993. The van der Waals surface area contributed by atoms with E-state index in [4.69, 9.17) is 4.98 Å². The van der Waals surface area contributed by atoms with Gasteiger partial charge in [0.2, 0.25) is 5.91 Å². The molecule has 2 amide bonds. The number of amides is 2. The summed E-state index contributed by atoms with van der Waals surface area (Å²) < 4.78 is 1.92. The normalized spacial score (nSPS) is 12.0. The van der Waals surface area contributed by atoms with E-state index in [0.29, 0.717) is 11.5 Å². The summed E-state index contributed by atoms with van der Waals surface area (Å²) in [6, 6.07) is 12.6. The van der Waals surface area contributed by atoms with Gasteiger partial charge < -0.3 is 14.8 Å². The zero-order valence-electron chi connectivity index (χ0n) is 17.8. The van der Waals surface area contributed by atoms with E-state index < -0.39 is 0 Å². The highest BCUT2D eigenvalue weighted by Crippen LogP contribution is 2.21. The van der Waals surface area contributed by atoms with Crippen molar-refractivity contribution in [3.8, 4) is 0 Å². The summed E-state index contributed by atoms with van der Waals surface area (Å²) in [4.78, 5) is 36.3. The van der Waals surface area contributed by atoms with Crippen LogP contribution in [0.1, 0.15) is 56.0 Å². The predicted molar refractivity (Wildman–Crippen MR) is 117 cm³/mol. The first-order valence-electron chi connectivity index (χ1n) is 10.5. The fraction of sp³-hybridized carbons (Fsp3) is 0.391. The number of hydrogen-bond donors (Lipinski definition) is 1. The molecule has 1 N–H and O–H groups in total. The summed E-state index contributed by atoms with van der Waals surface area (Å²) in [5.41, 5.74) is 2.03. The van der Waals surface area contributed by atoms with E-state index in [1.807, 2.05) is 40.7 Å². The summed E-state index contributed by atoms with van der Waals surface area (Å²) in [6.45, 7) is 7.69. The summed E-state index contributed by atoms with van der Waals surface area (Å²) in [7, 11) is 0. The number of nitrogens with one attached hydrogen (secondary N) is 1. The summed E-state index contributed by atoms with van der Waals surface area (Å²) in [5.74, 6) is 0.444. The number of rotatable bonds is 9. The molecule has 0 aliphatic heterocycles. The van der Waals surface area contributed by atoms with Gasteiger partial charge in [-0.1, -0.05) is 32.0 Å². The third kappa shape index (κ3) is 4.84. The van der Waals surface area contributed by atoms with Crippen LogP contribution in [0.15, 0.2) is 48.7 Å². The maximum Gasteiger partial charge on any atom is 0.270 e. The molecule has 0 saturated carbocycles. The van der Waals surface area contributed by atoms with Crippen LogP contribution in [-0.4, -0.2) is 44.3 Å². The summed E-state index contributed by atoms with van der Waals surface area (Å²) in [5, 5.41) is 2.96. The van der Waals surface area contributed by atoms with Crippen LogP contribution in [-0.2, 0) is 11.3 Å². The molecule has 7 nitrogen and oxygen atoms in total. The largest absolute Gasteiger partial charge is 0.341 e. The topological polar surface area (TPSA) is 80.1 Å². The smallest absolute Gasteiger partial charge is 0.270 e. The Morgan fingerprint density at radius 1 is 1.07 bits per heavy atom. The van der Waals surface area contributed by atoms with Gasteiger partial charge >= 0.3 is 0 Å². The average molecular weight is 408 g/mol. The second-order valence-electron chi connectivity index (χ2n) is 7.34. The summed E-state index contributed by atoms with van der Waals surface area (Å²) >= 11 is 0. The number of hydrogen-bond acceptors (Lipinski definition) is 4. The third-order valence-electron chi connectivity index (χ3n) is 4.95. The van der Waals surface area contributed by atoms with Crippen molar-refractivity contribution in [2.75, 3.05) is 13.1 Å². The van der Waals surface area contributed by atoms with Crippen LogP contribution in [0.5, 0.6) is 0 Å².